The van der Waals surface area contributed by atoms with Gasteiger partial charge in [-0.15, -0.1) is 0 Å². The first kappa shape index (κ1) is 13.5. The average Bonchev–Trinajstić information content (AvgIpc) is 2.13. The number of hydrogen-bond donors (Lipinski definition) is 0. The Morgan fingerprint density at radius 1 is 1.29 bits per heavy atom. The summed E-state index contributed by atoms with van der Waals surface area (Å²) in [4.78, 5) is 0. The van der Waals surface area contributed by atoms with Crippen LogP contribution in [0.5, 0.6) is 0 Å². The van der Waals surface area contributed by atoms with Gasteiger partial charge in [-0.3, -0.25) is 0 Å². The van der Waals surface area contributed by atoms with Crippen LogP contribution in [0.4, 0.5) is 0 Å². The first-order valence-corrected chi connectivity index (χ1v) is 5.86. The highest BCUT2D eigenvalue weighted by atomic mass is 14.2. The minimum Gasteiger partial charge on any atom is -0.0998 e. The minimum absolute atomic E-state index is 0.623. The molecule has 0 aliphatic rings. The molecule has 82 valence electrons. The SMILES string of the molecule is C=C(C)C(C)C(CCC)/C(C)=C/CC. The lowest BCUT2D eigenvalue weighted by molar-refractivity contribution is 0.429. The molecule has 0 nitrogen and oxygen atoms in total. The van der Waals surface area contributed by atoms with Gasteiger partial charge in [-0.25, -0.2) is 0 Å². The summed E-state index contributed by atoms with van der Waals surface area (Å²) in [5, 5.41) is 0. The molecule has 0 aromatic carbocycles. The van der Waals surface area contributed by atoms with Crippen LogP contribution in [0, 0.1) is 11.8 Å². The van der Waals surface area contributed by atoms with E-state index >= 15 is 0 Å². The molecule has 2 unspecified atom stereocenters. The molecule has 0 aliphatic heterocycles. The third-order valence-electron chi connectivity index (χ3n) is 3.09. The molecule has 0 radical (unpaired) electrons. The fourth-order valence-electron chi connectivity index (χ4n) is 2.00. The highest BCUT2D eigenvalue weighted by Crippen LogP contribution is 2.29. The van der Waals surface area contributed by atoms with Crippen molar-refractivity contribution in [3.05, 3.63) is 23.8 Å². The van der Waals surface area contributed by atoms with Gasteiger partial charge < -0.3 is 0 Å². The van der Waals surface area contributed by atoms with Crippen molar-refractivity contribution < 1.29 is 0 Å². The minimum atomic E-state index is 0.623. The van der Waals surface area contributed by atoms with Crippen LogP contribution < -0.4 is 0 Å². The second-order valence-corrected chi connectivity index (χ2v) is 4.39. The molecule has 0 spiro atoms. The number of hydrogen-bond acceptors (Lipinski definition) is 0. The van der Waals surface area contributed by atoms with Crippen LogP contribution in [-0.2, 0) is 0 Å². The zero-order valence-corrected chi connectivity index (χ0v) is 10.6. The number of allylic oxidation sites excluding steroid dienone is 3. The van der Waals surface area contributed by atoms with Crippen LogP contribution >= 0.6 is 0 Å². The molecule has 0 heterocycles. The first-order valence-electron chi connectivity index (χ1n) is 5.86. The van der Waals surface area contributed by atoms with Crippen molar-refractivity contribution >= 4 is 0 Å². The van der Waals surface area contributed by atoms with E-state index in [4.69, 9.17) is 0 Å². The summed E-state index contributed by atoms with van der Waals surface area (Å²) >= 11 is 0. The fraction of sp³-hybridized carbons (Fsp3) is 0.714. The van der Waals surface area contributed by atoms with Gasteiger partial charge in [0.15, 0.2) is 0 Å². The normalized spacial score (nSPS) is 16.5. The van der Waals surface area contributed by atoms with Gasteiger partial charge in [0.1, 0.15) is 0 Å². The molecule has 0 fully saturated rings. The van der Waals surface area contributed by atoms with Gasteiger partial charge >= 0.3 is 0 Å². The lowest BCUT2D eigenvalue weighted by atomic mass is 9.80. The van der Waals surface area contributed by atoms with E-state index in [0.717, 1.165) is 6.42 Å². The zero-order valence-electron chi connectivity index (χ0n) is 10.6. The van der Waals surface area contributed by atoms with E-state index in [1.807, 2.05) is 0 Å². The molecule has 2 atom stereocenters. The highest BCUT2D eigenvalue weighted by molar-refractivity contribution is 5.10. The average molecular weight is 194 g/mol. The molecule has 0 rings (SSSR count). The molecular weight excluding hydrogens is 168 g/mol. The van der Waals surface area contributed by atoms with Gasteiger partial charge in [-0.05, 0) is 38.5 Å². The second-order valence-electron chi connectivity index (χ2n) is 4.39. The molecule has 0 aliphatic carbocycles. The van der Waals surface area contributed by atoms with Crippen molar-refractivity contribution in [2.75, 3.05) is 0 Å². The van der Waals surface area contributed by atoms with Crippen LogP contribution in [0.15, 0.2) is 23.8 Å². The van der Waals surface area contributed by atoms with Gasteiger partial charge in [0.2, 0.25) is 0 Å². The fourth-order valence-corrected chi connectivity index (χ4v) is 2.00. The Labute approximate surface area is 90.1 Å². The topological polar surface area (TPSA) is 0 Å². The molecule has 0 aromatic heterocycles. The van der Waals surface area contributed by atoms with Crippen LogP contribution in [0.3, 0.4) is 0 Å². The van der Waals surface area contributed by atoms with Crippen molar-refractivity contribution in [3.8, 4) is 0 Å². The van der Waals surface area contributed by atoms with E-state index in [0.29, 0.717) is 11.8 Å². The number of rotatable bonds is 6. The van der Waals surface area contributed by atoms with Crippen molar-refractivity contribution in [3.63, 3.8) is 0 Å². The van der Waals surface area contributed by atoms with Gasteiger partial charge in [0.05, 0.1) is 0 Å². The maximum atomic E-state index is 4.07. The summed E-state index contributed by atoms with van der Waals surface area (Å²) in [6.07, 6.45) is 6.06. The van der Waals surface area contributed by atoms with Gasteiger partial charge in [0, 0.05) is 0 Å². The lowest BCUT2D eigenvalue weighted by Gasteiger charge is -2.25. The Kier molecular flexibility index (Phi) is 6.61. The quantitative estimate of drug-likeness (QED) is 0.524. The van der Waals surface area contributed by atoms with Crippen LogP contribution in [0.2, 0.25) is 0 Å². The molecule has 0 N–H and O–H groups in total. The smallest absolute Gasteiger partial charge is 0.0143 e. The Morgan fingerprint density at radius 3 is 2.21 bits per heavy atom. The first-order chi connectivity index (χ1) is 6.54. The van der Waals surface area contributed by atoms with Crippen molar-refractivity contribution in [2.45, 2.75) is 53.9 Å². The predicted octanol–water partition coefficient (Wildman–Crippen LogP) is 4.97. The molecule has 0 saturated heterocycles. The monoisotopic (exact) mass is 194 g/mol. The maximum Gasteiger partial charge on any atom is -0.0143 e. The van der Waals surface area contributed by atoms with Crippen LogP contribution in [0.25, 0.3) is 0 Å². The van der Waals surface area contributed by atoms with E-state index in [9.17, 15) is 0 Å². The molecule has 14 heavy (non-hydrogen) atoms. The summed E-state index contributed by atoms with van der Waals surface area (Å²) in [6, 6.07) is 0. The van der Waals surface area contributed by atoms with Crippen molar-refractivity contribution in [1.29, 1.82) is 0 Å². The molecule has 0 saturated carbocycles. The van der Waals surface area contributed by atoms with E-state index in [1.165, 1.54) is 18.4 Å². The maximum absolute atomic E-state index is 4.07. The van der Waals surface area contributed by atoms with E-state index in [-0.39, 0.29) is 0 Å². The largest absolute Gasteiger partial charge is 0.0998 e. The van der Waals surface area contributed by atoms with Crippen LogP contribution in [0.1, 0.15) is 53.9 Å². The Morgan fingerprint density at radius 2 is 1.86 bits per heavy atom. The van der Waals surface area contributed by atoms with E-state index < -0.39 is 0 Å². The molecule has 0 bridgehead atoms. The van der Waals surface area contributed by atoms with E-state index in [1.54, 1.807) is 5.57 Å². The summed E-state index contributed by atoms with van der Waals surface area (Å²) in [6.45, 7) is 15.3. The van der Waals surface area contributed by atoms with E-state index in [2.05, 4.69) is 47.3 Å². The lowest BCUT2D eigenvalue weighted by Crippen LogP contribution is -2.13. The summed E-state index contributed by atoms with van der Waals surface area (Å²) in [7, 11) is 0. The molecule has 0 heteroatoms. The summed E-state index contributed by atoms with van der Waals surface area (Å²) in [5.41, 5.74) is 2.86. The summed E-state index contributed by atoms with van der Waals surface area (Å²) < 4.78 is 0. The van der Waals surface area contributed by atoms with Gasteiger partial charge in [-0.1, -0.05) is 51.0 Å². The third kappa shape index (κ3) is 4.13. The molecule has 0 amide bonds. The van der Waals surface area contributed by atoms with Crippen molar-refractivity contribution in [1.82, 2.24) is 0 Å². The van der Waals surface area contributed by atoms with Gasteiger partial charge in [-0.2, -0.15) is 0 Å². The Balaban J connectivity index is 4.57. The van der Waals surface area contributed by atoms with Crippen LogP contribution in [-0.4, -0.2) is 0 Å². The highest BCUT2D eigenvalue weighted by Gasteiger charge is 2.18. The molecular formula is C14H26. The van der Waals surface area contributed by atoms with Gasteiger partial charge in [0.25, 0.3) is 0 Å². The van der Waals surface area contributed by atoms with Crippen molar-refractivity contribution in [2.24, 2.45) is 11.8 Å². The predicted molar refractivity (Wildman–Crippen MR) is 66.4 cm³/mol. The standard InChI is InChI=1S/C14H26/c1-7-9-12(5)14(10-8-2)13(6)11(3)4/h9,13-14H,3,7-8,10H2,1-2,4-6H3/b12-9+. The Hall–Kier alpha value is -0.520. The third-order valence-corrected chi connectivity index (χ3v) is 3.09. The zero-order chi connectivity index (χ0) is 11.1. The second kappa shape index (κ2) is 6.86. The summed E-state index contributed by atoms with van der Waals surface area (Å²) in [5.74, 6) is 1.33. The molecule has 0 aromatic rings. The Bertz CT molecular complexity index is 198.